The third-order valence-electron chi connectivity index (χ3n) is 5.79. The molecule has 5 heteroatoms. The lowest BCUT2D eigenvalue weighted by atomic mass is 9.92. The topological polar surface area (TPSA) is 84.0 Å². The Balaban J connectivity index is 1.41. The number of pyridine rings is 1. The van der Waals surface area contributed by atoms with Crippen LogP contribution < -0.4 is 15.8 Å². The highest BCUT2D eigenvalue weighted by Gasteiger charge is 2.40. The Labute approximate surface area is 160 Å². The fourth-order valence-electron chi connectivity index (χ4n) is 4.06. The quantitative estimate of drug-likeness (QED) is 0.852. The molecule has 0 unspecified atom stereocenters. The third-order valence-corrected chi connectivity index (χ3v) is 5.79. The minimum absolute atomic E-state index is 0.396. The second kappa shape index (κ2) is 7.67. The first-order valence-electron chi connectivity index (χ1n) is 9.73. The van der Waals surface area contributed by atoms with E-state index < -0.39 is 0 Å². The van der Waals surface area contributed by atoms with Gasteiger partial charge in [0.1, 0.15) is 5.75 Å². The van der Waals surface area contributed by atoms with Crippen molar-refractivity contribution in [2.75, 3.05) is 7.11 Å². The first kappa shape index (κ1) is 18.0. The van der Waals surface area contributed by atoms with Gasteiger partial charge in [-0.25, -0.2) is 0 Å². The molecule has 2 aromatic rings. The summed E-state index contributed by atoms with van der Waals surface area (Å²) in [4.78, 5) is 4.64. The van der Waals surface area contributed by atoms with Crippen LogP contribution in [0.4, 0.5) is 0 Å². The molecule has 140 valence electrons. The lowest BCUT2D eigenvalue weighted by Crippen LogP contribution is -2.38. The molecule has 1 heterocycles. The molecular weight excluding hydrogens is 336 g/mol. The number of benzene rings is 1. The van der Waals surface area contributed by atoms with Gasteiger partial charge in [-0.2, -0.15) is 5.26 Å². The molecular formula is C22H26N4O. The number of ether oxygens (including phenoxy) is 1. The number of hydrogen-bond acceptors (Lipinski definition) is 5. The minimum atomic E-state index is 0.396. The van der Waals surface area contributed by atoms with Gasteiger partial charge in [0.15, 0.2) is 0 Å². The predicted octanol–water partition coefficient (Wildman–Crippen LogP) is 3.34. The molecule has 3 N–H and O–H groups in total. The summed E-state index contributed by atoms with van der Waals surface area (Å²) in [6.45, 7) is 0. The summed E-state index contributed by atoms with van der Waals surface area (Å²) in [6.07, 6.45) is 7.82. The largest absolute Gasteiger partial charge is 0.497 e. The Morgan fingerprint density at radius 3 is 2.67 bits per heavy atom. The van der Waals surface area contributed by atoms with Crippen molar-refractivity contribution in [3.63, 3.8) is 0 Å². The van der Waals surface area contributed by atoms with Crippen LogP contribution in [0.5, 0.6) is 5.75 Å². The fraction of sp³-hybridized carbons (Fsp3) is 0.455. The summed E-state index contributed by atoms with van der Waals surface area (Å²) >= 11 is 0. The molecule has 1 aromatic carbocycles. The molecule has 2 aliphatic rings. The maximum Gasteiger partial charge on any atom is 0.120 e. The van der Waals surface area contributed by atoms with Gasteiger partial charge in [0, 0.05) is 35.8 Å². The maximum absolute atomic E-state index is 9.19. The Kier molecular flexibility index (Phi) is 5.11. The zero-order valence-corrected chi connectivity index (χ0v) is 15.7. The summed E-state index contributed by atoms with van der Waals surface area (Å²) in [5.74, 6) is 1.23. The molecule has 2 atom stereocenters. The van der Waals surface area contributed by atoms with Crippen molar-refractivity contribution in [1.82, 2.24) is 10.3 Å². The van der Waals surface area contributed by atoms with E-state index in [1.54, 1.807) is 13.2 Å². The number of hydrogen-bond donors (Lipinski definition) is 2. The van der Waals surface area contributed by atoms with Crippen LogP contribution in [-0.2, 0) is 0 Å². The van der Waals surface area contributed by atoms with Crippen molar-refractivity contribution < 1.29 is 4.74 Å². The fourth-order valence-corrected chi connectivity index (χ4v) is 4.06. The number of rotatable bonds is 5. The van der Waals surface area contributed by atoms with Crippen molar-refractivity contribution >= 4 is 0 Å². The highest BCUT2D eigenvalue weighted by atomic mass is 16.5. The van der Waals surface area contributed by atoms with Crippen molar-refractivity contribution in [3.8, 4) is 23.1 Å². The van der Waals surface area contributed by atoms with E-state index in [0.717, 1.165) is 24.1 Å². The molecule has 0 bridgehead atoms. The maximum atomic E-state index is 9.19. The lowest BCUT2D eigenvalue weighted by molar-refractivity contribution is 0.339. The second-order valence-electron chi connectivity index (χ2n) is 7.77. The summed E-state index contributed by atoms with van der Waals surface area (Å²) in [7, 11) is 1.61. The normalized spacial score (nSPS) is 27.0. The molecule has 5 nitrogen and oxygen atoms in total. The average molecular weight is 362 g/mol. The van der Waals surface area contributed by atoms with Gasteiger partial charge >= 0.3 is 0 Å². The van der Waals surface area contributed by atoms with Crippen LogP contribution in [0.2, 0.25) is 0 Å². The van der Waals surface area contributed by atoms with Crippen molar-refractivity contribution in [2.24, 2.45) is 5.73 Å². The van der Waals surface area contributed by atoms with Gasteiger partial charge in [0.2, 0.25) is 0 Å². The van der Waals surface area contributed by atoms with E-state index in [1.165, 1.54) is 24.8 Å². The molecule has 1 aromatic heterocycles. The highest BCUT2D eigenvalue weighted by molar-refractivity contribution is 5.64. The van der Waals surface area contributed by atoms with E-state index >= 15 is 0 Å². The van der Waals surface area contributed by atoms with Crippen LogP contribution >= 0.6 is 0 Å². The Hall–Kier alpha value is -2.42. The highest BCUT2D eigenvalue weighted by Crippen LogP contribution is 2.42. The van der Waals surface area contributed by atoms with Crippen molar-refractivity contribution in [2.45, 2.75) is 56.1 Å². The average Bonchev–Trinajstić information content (AvgIpc) is 3.48. The van der Waals surface area contributed by atoms with Gasteiger partial charge in [-0.1, -0.05) is 6.07 Å². The second-order valence-corrected chi connectivity index (χ2v) is 7.77. The molecule has 0 saturated heterocycles. The number of nitriles is 1. The molecule has 27 heavy (non-hydrogen) atoms. The van der Waals surface area contributed by atoms with Crippen LogP contribution in [0.15, 0.2) is 36.5 Å². The van der Waals surface area contributed by atoms with Gasteiger partial charge in [0.25, 0.3) is 0 Å². The number of aromatic nitrogens is 1. The molecule has 0 radical (unpaired) electrons. The monoisotopic (exact) mass is 362 g/mol. The molecule has 2 aliphatic carbocycles. The number of nitrogens with zero attached hydrogens (tertiary/aromatic N) is 2. The van der Waals surface area contributed by atoms with Gasteiger partial charge in [0.05, 0.1) is 24.4 Å². The van der Waals surface area contributed by atoms with Crippen LogP contribution in [0.1, 0.15) is 49.1 Å². The van der Waals surface area contributed by atoms with Gasteiger partial charge < -0.3 is 15.8 Å². The summed E-state index contributed by atoms with van der Waals surface area (Å²) in [5.41, 5.74) is 9.63. The minimum Gasteiger partial charge on any atom is -0.497 e. The van der Waals surface area contributed by atoms with Crippen LogP contribution in [-0.4, -0.2) is 30.2 Å². The van der Waals surface area contributed by atoms with Crippen molar-refractivity contribution in [3.05, 3.63) is 47.7 Å². The zero-order valence-electron chi connectivity index (χ0n) is 15.7. The molecule has 0 spiro atoms. The predicted molar refractivity (Wildman–Crippen MR) is 105 cm³/mol. The Bertz CT molecular complexity index is 834. The van der Waals surface area contributed by atoms with Crippen LogP contribution in [0, 0.1) is 11.3 Å². The number of nitrogens with one attached hydrogen (secondary N) is 1. The summed E-state index contributed by atoms with van der Waals surface area (Å²) in [6, 6.07) is 13.5. The van der Waals surface area contributed by atoms with E-state index in [2.05, 4.69) is 22.4 Å². The van der Waals surface area contributed by atoms with Crippen LogP contribution in [0.3, 0.4) is 0 Å². The molecule has 2 saturated carbocycles. The van der Waals surface area contributed by atoms with Gasteiger partial charge in [-0.3, -0.25) is 4.98 Å². The zero-order chi connectivity index (χ0) is 18.8. The third kappa shape index (κ3) is 4.13. The lowest BCUT2D eigenvalue weighted by Gasteiger charge is -2.27. The van der Waals surface area contributed by atoms with E-state index in [-0.39, 0.29) is 0 Å². The smallest absolute Gasteiger partial charge is 0.120 e. The van der Waals surface area contributed by atoms with E-state index in [0.29, 0.717) is 35.4 Å². The van der Waals surface area contributed by atoms with E-state index in [1.807, 2.05) is 24.4 Å². The summed E-state index contributed by atoms with van der Waals surface area (Å²) in [5, 5.41) is 13.0. The molecule has 4 rings (SSSR count). The first-order chi connectivity index (χ1) is 13.2. The van der Waals surface area contributed by atoms with Gasteiger partial charge in [-0.05, 0) is 61.9 Å². The first-order valence-corrected chi connectivity index (χ1v) is 9.73. The summed E-state index contributed by atoms with van der Waals surface area (Å²) < 4.78 is 5.29. The molecule has 2 fully saturated rings. The SMILES string of the molecule is COc1cc(C#N)cc(-c2ccc([C@H]3C[C@@H]3NC3CCC(N)CC3)cn2)c1. The van der Waals surface area contributed by atoms with E-state index in [9.17, 15) is 5.26 Å². The molecule has 0 aliphatic heterocycles. The van der Waals surface area contributed by atoms with Gasteiger partial charge in [-0.15, -0.1) is 0 Å². The Morgan fingerprint density at radius 2 is 2.00 bits per heavy atom. The van der Waals surface area contributed by atoms with Crippen LogP contribution in [0.25, 0.3) is 11.3 Å². The van der Waals surface area contributed by atoms with Crippen molar-refractivity contribution in [1.29, 1.82) is 5.26 Å². The number of nitrogens with two attached hydrogens (primary N) is 1. The van der Waals surface area contributed by atoms with E-state index in [4.69, 9.17) is 10.5 Å². The standard InChI is InChI=1S/C22H26N4O/c1-27-19-9-14(12-23)8-16(10-19)21-7-2-15(13-25-21)20-11-22(20)26-18-5-3-17(24)4-6-18/h2,7-10,13,17-18,20,22,26H,3-6,11,24H2,1H3/t17?,18?,20-,22+/m1/s1. The molecule has 0 amide bonds. The Morgan fingerprint density at radius 1 is 1.19 bits per heavy atom. The number of methoxy groups -OCH3 is 1.